The Morgan fingerprint density at radius 3 is 2.62 bits per heavy atom. The maximum Gasteiger partial charge on any atom is -0.0234 e. The molecule has 1 unspecified atom stereocenters. The predicted octanol–water partition coefficient (Wildman–Crippen LogP) is 4.56. The summed E-state index contributed by atoms with van der Waals surface area (Å²) in [6.07, 6.45) is 14.7. The lowest BCUT2D eigenvalue weighted by atomic mass is 10.0. The van der Waals surface area contributed by atoms with E-state index in [2.05, 4.69) is 26.0 Å². The average Bonchev–Trinajstić information content (AvgIpc) is 2.64. The van der Waals surface area contributed by atoms with Gasteiger partial charge in [0.1, 0.15) is 0 Å². The van der Waals surface area contributed by atoms with E-state index in [1.165, 1.54) is 44.9 Å². The van der Waals surface area contributed by atoms with E-state index in [9.17, 15) is 0 Å². The summed E-state index contributed by atoms with van der Waals surface area (Å²) in [5, 5.41) is 0. The molecule has 0 aromatic carbocycles. The van der Waals surface area contributed by atoms with E-state index >= 15 is 0 Å². The van der Waals surface area contributed by atoms with Crippen LogP contribution in [-0.4, -0.2) is 0 Å². The monoisotopic (exact) mass is 180 g/mol. The van der Waals surface area contributed by atoms with Crippen LogP contribution in [0.3, 0.4) is 0 Å². The molecule has 1 saturated carbocycles. The van der Waals surface area contributed by atoms with Crippen molar-refractivity contribution in [2.75, 3.05) is 0 Å². The van der Waals surface area contributed by atoms with Crippen molar-refractivity contribution in [3.8, 4) is 0 Å². The standard InChI is InChI=1S/C13H24/c1-3-12(2)8-4-5-9-13-10-6-7-11-13/h5,9,12-13H,3-4,6-8,10-11H2,1-2H3/b9-5-. The first-order valence-corrected chi connectivity index (χ1v) is 5.99. The van der Waals surface area contributed by atoms with Gasteiger partial charge in [0.2, 0.25) is 0 Å². The molecular weight excluding hydrogens is 156 g/mol. The molecule has 0 heteroatoms. The lowest BCUT2D eigenvalue weighted by Gasteiger charge is -2.05. The zero-order chi connectivity index (χ0) is 9.52. The van der Waals surface area contributed by atoms with Gasteiger partial charge in [-0.05, 0) is 37.5 Å². The summed E-state index contributed by atoms with van der Waals surface area (Å²) in [6.45, 7) is 4.63. The maximum absolute atomic E-state index is 2.47. The highest BCUT2D eigenvalue weighted by molar-refractivity contribution is 4.90. The van der Waals surface area contributed by atoms with Crippen molar-refractivity contribution in [1.29, 1.82) is 0 Å². The van der Waals surface area contributed by atoms with Crippen LogP contribution in [0.5, 0.6) is 0 Å². The summed E-state index contributed by atoms with van der Waals surface area (Å²) in [7, 11) is 0. The average molecular weight is 180 g/mol. The molecule has 0 spiro atoms. The molecule has 1 fully saturated rings. The second-order valence-electron chi connectivity index (χ2n) is 4.56. The Kier molecular flexibility index (Phi) is 5.19. The molecule has 0 aromatic rings. The lowest BCUT2D eigenvalue weighted by molar-refractivity contribution is 0.520. The van der Waals surface area contributed by atoms with E-state index in [4.69, 9.17) is 0 Å². The van der Waals surface area contributed by atoms with Crippen molar-refractivity contribution >= 4 is 0 Å². The molecule has 1 rings (SSSR count). The summed E-state index contributed by atoms with van der Waals surface area (Å²) in [5.41, 5.74) is 0. The molecule has 1 aliphatic carbocycles. The van der Waals surface area contributed by atoms with E-state index in [1.54, 1.807) is 0 Å². The van der Waals surface area contributed by atoms with Gasteiger partial charge >= 0.3 is 0 Å². The van der Waals surface area contributed by atoms with Gasteiger partial charge < -0.3 is 0 Å². The molecule has 0 radical (unpaired) electrons. The van der Waals surface area contributed by atoms with E-state index in [0.717, 1.165) is 11.8 Å². The van der Waals surface area contributed by atoms with Gasteiger partial charge in [-0.3, -0.25) is 0 Å². The summed E-state index contributed by atoms with van der Waals surface area (Å²) in [6, 6.07) is 0. The molecule has 0 aliphatic heterocycles. The zero-order valence-corrected chi connectivity index (χ0v) is 9.26. The first kappa shape index (κ1) is 10.8. The van der Waals surface area contributed by atoms with Crippen LogP contribution in [-0.2, 0) is 0 Å². The predicted molar refractivity (Wildman–Crippen MR) is 59.8 cm³/mol. The fourth-order valence-corrected chi connectivity index (χ4v) is 2.02. The van der Waals surface area contributed by atoms with Crippen molar-refractivity contribution in [2.45, 2.75) is 58.8 Å². The third-order valence-corrected chi connectivity index (χ3v) is 3.33. The molecule has 0 bridgehead atoms. The van der Waals surface area contributed by atoms with Gasteiger partial charge in [-0.2, -0.15) is 0 Å². The van der Waals surface area contributed by atoms with Gasteiger partial charge in [0.15, 0.2) is 0 Å². The smallest absolute Gasteiger partial charge is 0.0234 e. The van der Waals surface area contributed by atoms with Crippen LogP contribution < -0.4 is 0 Å². The molecular formula is C13H24. The number of rotatable bonds is 5. The quantitative estimate of drug-likeness (QED) is 0.544. The van der Waals surface area contributed by atoms with Crippen LogP contribution in [0, 0.1) is 11.8 Å². The Bertz CT molecular complexity index is 140. The van der Waals surface area contributed by atoms with Crippen molar-refractivity contribution in [2.24, 2.45) is 11.8 Å². The maximum atomic E-state index is 2.47. The molecule has 1 aliphatic rings. The first-order valence-electron chi connectivity index (χ1n) is 5.99. The van der Waals surface area contributed by atoms with Crippen molar-refractivity contribution < 1.29 is 0 Å². The second-order valence-corrected chi connectivity index (χ2v) is 4.56. The van der Waals surface area contributed by atoms with Crippen molar-refractivity contribution in [3.63, 3.8) is 0 Å². The van der Waals surface area contributed by atoms with Crippen LogP contribution in [0.25, 0.3) is 0 Å². The number of hydrogen-bond donors (Lipinski definition) is 0. The van der Waals surface area contributed by atoms with E-state index in [0.29, 0.717) is 0 Å². The Balaban J connectivity index is 2.03. The minimum atomic E-state index is 0.910. The van der Waals surface area contributed by atoms with Gasteiger partial charge in [0.05, 0.1) is 0 Å². The molecule has 0 N–H and O–H groups in total. The number of hydrogen-bond acceptors (Lipinski definition) is 0. The fraction of sp³-hybridized carbons (Fsp3) is 0.846. The molecule has 0 heterocycles. The summed E-state index contributed by atoms with van der Waals surface area (Å²) >= 11 is 0. The fourth-order valence-electron chi connectivity index (χ4n) is 2.02. The Morgan fingerprint density at radius 2 is 2.00 bits per heavy atom. The highest BCUT2D eigenvalue weighted by Gasteiger charge is 2.10. The largest absolute Gasteiger partial charge is 0.0882 e. The Morgan fingerprint density at radius 1 is 1.31 bits per heavy atom. The first-order chi connectivity index (χ1) is 6.33. The third-order valence-electron chi connectivity index (χ3n) is 3.33. The van der Waals surface area contributed by atoms with Crippen molar-refractivity contribution in [3.05, 3.63) is 12.2 Å². The molecule has 0 nitrogen and oxygen atoms in total. The van der Waals surface area contributed by atoms with Crippen LogP contribution >= 0.6 is 0 Å². The molecule has 0 aromatic heterocycles. The minimum Gasteiger partial charge on any atom is -0.0882 e. The van der Waals surface area contributed by atoms with E-state index in [1.807, 2.05) is 0 Å². The van der Waals surface area contributed by atoms with Gasteiger partial charge in [-0.25, -0.2) is 0 Å². The van der Waals surface area contributed by atoms with E-state index in [-0.39, 0.29) is 0 Å². The van der Waals surface area contributed by atoms with E-state index < -0.39 is 0 Å². The molecule has 0 saturated heterocycles. The highest BCUT2D eigenvalue weighted by Crippen LogP contribution is 2.25. The van der Waals surface area contributed by atoms with Crippen LogP contribution in [0.1, 0.15) is 58.8 Å². The van der Waals surface area contributed by atoms with Gasteiger partial charge in [-0.15, -0.1) is 0 Å². The van der Waals surface area contributed by atoms with Crippen LogP contribution in [0.15, 0.2) is 12.2 Å². The van der Waals surface area contributed by atoms with Gasteiger partial charge in [-0.1, -0.05) is 45.3 Å². The van der Waals surface area contributed by atoms with Crippen molar-refractivity contribution in [1.82, 2.24) is 0 Å². The van der Waals surface area contributed by atoms with Crippen LogP contribution in [0.2, 0.25) is 0 Å². The third kappa shape index (κ3) is 4.50. The highest BCUT2D eigenvalue weighted by atomic mass is 14.2. The van der Waals surface area contributed by atoms with Crippen LogP contribution in [0.4, 0.5) is 0 Å². The summed E-state index contributed by atoms with van der Waals surface area (Å²) in [5.74, 6) is 1.84. The molecule has 1 atom stereocenters. The number of allylic oxidation sites excluding steroid dienone is 2. The summed E-state index contributed by atoms with van der Waals surface area (Å²) in [4.78, 5) is 0. The lowest BCUT2D eigenvalue weighted by Crippen LogP contribution is -1.90. The minimum absolute atomic E-state index is 0.910. The Hall–Kier alpha value is -0.260. The van der Waals surface area contributed by atoms with Gasteiger partial charge in [0, 0.05) is 0 Å². The molecule has 13 heavy (non-hydrogen) atoms. The SMILES string of the molecule is CCC(C)CC/C=C\C1CCCC1. The topological polar surface area (TPSA) is 0 Å². The summed E-state index contributed by atoms with van der Waals surface area (Å²) < 4.78 is 0. The second kappa shape index (κ2) is 6.23. The Labute approximate surface area is 83.4 Å². The molecule has 0 amide bonds. The van der Waals surface area contributed by atoms with Gasteiger partial charge in [0.25, 0.3) is 0 Å². The zero-order valence-electron chi connectivity index (χ0n) is 9.26. The molecule has 76 valence electrons. The normalized spacial score (nSPS) is 21.4.